The van der Waals surface area contributed by atoms with Crippen LogP contribution in [0.3, 0.4) is 0 Å². The predicted molar refractivity (Wildman–Crippen MR) is 113 cm³/mol. The minimum Gasteiger partial charge on any atom is -0.454 e. The Morgan fingerprint density at radius 1 is 1.00 bits per heavy atom. The van der Waals surface area contributed by atoms with Gasteiger partial charge in [-0.15, -0.1) is 10.2 Å². The van der Waals surface area contributed by atoms with Crippen LogP contribution in [0.2, 0.25) is 0 Å². The third kappa shape index (κ3) is 3.68. The Morgan fingerprint density at radius 2 is 1.84 bits per heavy atom. The summed E-state index contributed by atoms with van der Waals surface area (Å²) in [4.78, 5) is 0.322. The maximum absolute atomic E-state index is 13.2. The second-order valence-corrected chi connectivity index (χ2v) is 9.90. The molecule has 3 heterocycles. The van der Waals surface area contributed by atoms with E-state index in [0.717, 1.165) is 29.5 Å². The number of piperidine rings is 1. The van der Waals surface area contributed by atoms with Crippen molar-refractivity contribution in [2.45, 2.75) is 37.5 Å². The number of ether oxygens (including phenoxy) is 2. The maximum Gasteiger partial charge on any atom is 0.247 e. The molecule has 1 saturated heterocycles. The molecule has 0 spiro atoms. The molecule has 162 valence electrons. The zero-order valence-electron chi connectivity index (χ0n) is 17.4. The summed E-state index contributed by atoms with van der Waals surface area (Å²) >= 11 is 0. The molecule has 0 amide bonds. The van der Waals surface area contributed by atoms with Crippen LogP contribution < -0.4 is 9.47 Å². The van der Waals surface area contributed by atoms with Crippen LogP contribution in [0.4, 0.5) is 0 Å². The molecule has 1 atom stereocenters. The van der Waals surface area contributed by atoms with Gasteiger partial charge >= 0.3 is 0 Å². The molecular formula is C22H23N3O5S. The van der Waals surface area contributed by atoms with Crippen LogP contribution in [0, 0.1) is 13.8 Å². The van der Waals surface area contributed by atoms with Gasteiger partial charge in [0.2, 0.25) is 28.6 Å². The average Bonchev–Trinajstić information content (AvgIpc) is 3.45. The molecule has 0 bridgehead atoms. The van der Waals surface area contributed by atoms with E-state index in [1.54, 1.807) is 24.3 Å². The van der Waals surface area contributed by atoms with Crippen molar-refractivity contribution in [1.29, 1.82) is 0 Å². The monoisotopic (exact) mass is 441 g/mol. The number of sulfonamides is 1. The molecule has 3 aromatic rings. The quantitative estimate of drug-likeness (QED) is 0.610. The van der Waals surface area contributed by atoms with Gasteiger partial charge < -0.3 is 13.9 Å². The van der Waals surface area contributed by atoms with Gasteiger partial charge in [-0.25, -0.2) is 8.42 Å². The molecule has 0 radical (unpaired) electrons. The fourth-order valence-corrected chi connectivity index (χ4v) is 5.54. The Morgan fingerprint density at radius 3 is 2.68 bits per heavy atom. The number of aromatic nitrogens is 2. The lowest BCUT2D eigenvalue weighted by atomic mass is 10.00. The second kappa shape index (κ2) is 7.65. The zero-order chi connectivity index (χ0) is 21.6. The number of benzene rings is 2. The molecule has 1 aromatic heterocycles. The lowest BCUT2D eigenvalue weighted by Crippen LogP contribution is -2.39. The van der Waals surface area contributed by atoms with Crippen molar-refractivity contribution in [3.63, 3.8) is 0 Å². The molecule has 0 aliphatic carbocycles. The van der Waals surface area contributed by atoms with Crippen molar-refractivity contribution < 1.29 is 22.3 Å². The van der Waals surface area contributed by atoms with Crippen LogP contribution in [0.1, 0.15) is 35.8 Å². The number of fused-ring (bicyclic) bond motifs is 1. The summed E-state index contributed by atoms with van der Waals surface area (Å²) in [5.74, 6) is 2.00. The second-order valence-electron chi connectivity index (χ2n) is 7.96. The Balaban J connectivity index is 1.37. The van der Waals surface area contributed by atoms with E-state index in [1.165, 1.54) is 4.31 Å². The zero-order valence-corrected chi connectivity index (χ0v) is 18.2. The topological polar surface area (TPSA) is 94.8 Å². The largest absolute Gasteiger partial charge is 0.454 e. The van der Waals surface area contributed by atoms with E-state index in [4.69, 9.17) is 13.9 Å². The van der Waals surface area contributed by atoms with Crippen molar-refractivity contribution >= 4 is 10.0 Å². The van der Waals surface area contributed by atoms with Gasteiger partial charge in [0.15, 0.2) is 11.5 Å². The minimum absolute atomic E-state index is 0.148. The van der Waals surface area contributed by atoms with Crippen molar-refractivity contribution in [3.05, 3.63) is 53.4 Å². The standard InChI is InChI=1S/C22H23N3O5S/c1-14-5-7-18(10-15(14)2)31(26,27)25-9-3-4-17(12-25)22-24-23-21(30-22)16-6-8-19-20(11-16)29-13-28-19/h5-8,10-11,17H,3-4,9,12-13H2,1-2H3. The average molecular weight is 442 g/mol. The van der Waals surface area contributed by atoms with Crippen molar-refractivity contribution in [2.24, 2.45) is 0 Å². The summed E-state index contributed by atoms with van der Waals surface area (Å²) < 4.78 is 44.6. The smallest absolute Gasteiger partial charge is 0.247 e. The van der Waals surface area contributed by atoms with Gasteiger partial charge in [-0.1, -0.05) is 6.07 Å². The molecular weight excluding hydrogens is 418 g/mol. The molecule has 2 aliphatic rings. The number of nitrogens with zero attached hydrogens (tertiary/aromatic N) is 3. The summed E-state index contributed by atoms with van der Waals surface area (Å²) in [6.07, 6.45) is 1.53. The predicted octanol–water partition coefficient (Wildman–Crippen LogP) is 3.65. The molecule has 31 heavy (non-hydrogen) atoms. The van der Waals surface area contributed by atoms with Crippen molar-refractivity contribution in [2.75, 3.05) is 19.9 Å². The van der Waals surface area contributed by atoms with Crippen molar-refractivity contribution in [1.82, 2.24) is 14.5 Å². The van der Waals surface area contributed by atoms with E-state index in [-0.39, 0.29) is 12.7 Å². The van der Waals surface area contributed by atoms with E-state index in [2.05, 4.69) is 10.2 Å². The van der Waals surface area contributed by atoms with Crippen LogP contribution >= 0.6 is 0 Å². The maximum atomic E-state index is 13.2. The first-order valence-electron chi connectivity index (χ1n) is 10.2. The fraction of sp³-hybridized carbons (Fsp3) is 0.364. The molecule has 0 saturated carbocycles. The molecule has 9 heteroatoms. The van der Waals surface area contributed by atoms with E-state index in [1.807, 2.05) is 26.0 Å². The molecule has 0 N–H and O–H groups in total. The van der Waals surface area contributed by atoms with E-state index in [9.17, 15) is 8.42 Å². The lowest BCUT2D eigenvalue weighted by Gasteiger charge is -2.30. The summed E-state index contributed by atoms with van der Waals surface area (Å²) in [5, 5.41) is 8.39. The van der Waals surface area contributed by atoms with Gasteiger partial charge in [0.05, 0.1) is 10.8 Å². The molecule has 8 nitrogen and oxygen atoms in total. The van der Waals surface area contributed by atoms with Crippen LogP contribution in [0.5, 0.6) is 11.5 Å². The van der Waals surface area contributed by atoms with Gasteiger partial charge in [0, 0.05) is 18.7 Å². The highest BCUT2D eigenvalue weighted by atomic mass is 32.2. The van der Waals surface area contributed by atoms with E-state index in [0.29, 0.717) is 41.3 Å². The Kier molecular flexibility index (Phi) is 4.94. The first-order valence-corrected chi connectivity index (χ1v) is 11.7. The Bertz CT molecular complexity index is 1240. The summed E-state index contributed by atoms with van der Waals surface area (Å²) in [6.45, 7) is 4.88. The molecule has 1 unspecified atom stereocenters. The van der Waals surface area contributed by atoms with Gasteiger partial charge in [0.25, 0.3) is 0 Å². The van der Waals surface area contributed by atoms with Gasteiger partial charge in [-0.2, -0.15) is 4.31 Å². The summed E-state index contributed by atoms with van der Waals surface area (Å²) in [6, 6.07) is 10.7. The summed E-state index contributed by atoms with van der Waals surface area (Å²) in [7, 11) is -3.58. The number of aryl methyl sites for hydroxylation is 2. The molecule has 5 rings (SSSR count). The highest BCUT2D eigenvalue weighted by Crippen LogP contribution is 2.36. The van der Waals surface area contributed by atoms with Crippen LogP contribution in [0.15, 0.2) is 45.7 Å². The normalized spacial score (nSPS) is 19.0. The first-order chi connectivity index (χ1) is 14.9. The van der Waals surface area contributed by atoms with Crippen molar-refractivity contribution in [3.8, 4) is 23.0 Å². The first kappa shape index (κ1) is 20.0. The number of hydrogen-bond acceptors (Lipinski definition) is 7. The third-order valence-corrected chi connectivity index (χ3v) is 7.77. The van der Waals surface area contributed by atoms with Gasteiger partial charge in [-0.3, -0.25) is 0 Å². The Hall–Kier alpha value is -2.91. The lowest BCUT2D eigenvalue weighted by molar-refractivity contribution is 0.174. The molecule has 2 aliphatic heterocycles. The third-order valence-electron chi connectivity index (χ3n) is 5.91. The minimum atomic E-state index is -3.58. The highest BCUT2D eigenvalue weighted by molar-refractivity contribution is 7.89. The molecule has 1 fully saturated rings. The fourth-order valence-electron chi connectivity index (χ4n) is 3.93. The van der Waals surface area contributed by atoms with Crippen LogP contribution in [0.25, 0.3) is 11.5 Å². The molecule has 2 aromatic carbocycles. The van der Waals surface area contributed by atoms with E-state index >= 15 is 0 Å². The highest BCUT2D eigenvalue weighted by Gasteiger charge is 2.33. The van der Waals surface area contributed by atoms with Gasteiger partial charge in [-0.05, 0) is 68.1 Å². The van der Waals surface area contributed by atoms with Gasteiger partial charge in [0.1, 0.15) is 0 Å². The number of hydrogen-bond donors (Lipinski definition) is 0. The summed E-state index contributed by atoms with van der Waals surface area (Å²) in [5.41, 5.74) is 2.76. The van der Waals surface area contributed by atoms with E-state index < -0.39 is 10.0 Å². The Labute approximate surface area is 180 Å². The number of rotatable bonds is 4. The SMILES string of the molecule is Cc1ccc(S(=O)(=O)N2CCCC(c3nnc(-c4ccc5c(c4)OCO5)o3)C2)cc1C. The van der Waals surface area contributed by atoms with Crippen LogP contribution in [-0.4, -0.2) is 42.8 Å². The van der Waals surface area contributed by atoms with Crippen LogP contribution in [-0.2, 0) is 10.0 Å².